The van der Waals surface area contributed by atoms with E-state index in [0.717, 1.165) is 89.0 Å². The summed E-state index contributed by atoms with van der Waals surface area (Å²) in [5, 5.41) is 9.64. The number of phosphoric acid groups is 1. The van der Waals surface area contributed by atoms with E-state index in [0.29, 0.717) is 18.4 Å². The van der Waals surface area contributed by atoms with Gasteiger partial charge in [0, 0.05) is 25.5 Å². The Labute approximate surface area is 507 Å². The van der Waals surface area contributed by atoms with E-state index in [2.05, 4.69) is 92.3 Å². The molecule has 0 aromatic rings. The summed E-state index contributed by atoms with van der Waals surface area (Å²) >= 11 is 0. The number of carbonyl (C=O) groups excluding carboxylic acids is 6. The van der Waals surface area contributed by atoms with Crippen molar-refractivity contribution in [3.8, 4) is 0 Å². The number of esters is 2. The summed E-state index contributed by atoms with van der Waals surface area (Å²) in [6.45, 7) is 12.1. The van der Waals surface area contributed by atoms with Crippen molar-refractivity contribution in [3.63, 3.8) is 0 Å². The van der Waals surface area contributed by atoms with Crippen LogP contribution >= 0.6 is 7.82 Å². The molecule has 0 saturated heterocycles. The fourth-order valence-electron chi connectivity index (χ4n) is 9.52. The van der Waals surface area contributed by atoms with Crippen LogP contribution in [0.1, 0.15) is 248 Å². The first-order valence-corrected chi connectivity index (χ1v) is 33.6. The predicted octanol–water partition coefficient (Wildman–Crippen LogP) is 14.6. The first kappa shape index (κ1) is 77.1. The van der Waals surface area contributed by atoms with Crippen molar-refractivity contribution in [2.45, 2.75) is 254 Å². The summed E-state index contributed by atoms with van der Waals surface area (Å²) in [7, 11) is -4.72. The van der Waals surface area contributed by atoms with E-state index in [-0.39, 0.29) is 38.0 Å². The van der Waals surface area contributed by atoms with Crippen LogP contribution in [0.5, 0.6) is 0 Å². The lowest BCUT2D eigenvalue weighted by atomic mass is 9.72. The second kappa shape index (κ2) is 50.3. The van der Waals surface area contributed by atoms with Crippen LogP contribution in [0, 0.1) is 5.41 Å². The van der Waals surface area contributed by atoms with Gasteiger partial charge >= 0.3 is 19.8 Å². The molecule has 17 heteroatoms. The number of carbonyl (C=O) groups is 6. The normalized spacial score (nSPS) is 15.0. The number of hydrogen-bond donors (Lipinski definition) is 5. The Hall–Kier alpha value is -4.89. The lowest BCUT2D eigenvalue weighted by Crippen LogP contribution is -2.44. The van der Waals surface area contributed by atoms with E-state index >= 15 is 0 Å². The average Bonchev–Trinajstić information content (AvgIpc) is 3.06. The van der Waals surface area contributed by atoms with E-state index in [1.54, 1.807) is 13.0 Å². The number of phosphoric ester groups is 1. The van der Waals surface area contributed by atoms with Gasteiger partial charge in [0.25, 0.3) is 0 Å². The molecule has 1 aliphatic rings. The molecule has 1 aliphatic carbocycles. The number of nitrogens with one attached hydrogen (secondary N) is 4. The van der Waals surface area contributed by atoms with Gasteiger partial charge in [0.15, 0.2) is 6.10 Å². The Kier molecular flexibility index (Phi) is 46.2. The largest absolute Gasteiger partial charge is 0.472 e. The van der Waals surface area contributed by atoms with Crippen LogP contribution in [-0.2, 0) is 51.9 Å². The van der Waals surface area contributed by atoms with Crippen LogP contribution in [0.4, 0.5) is 0 Å². The summed E-state index contributed by atoms with van der Waals surface area (Å²) in [4.78, 5) is 85.4. The molecule has 478 valence electrons. The second-order valence-corrected chi connectivity index (χ2v) is 24.6. The number of hydrogen-bond acceptors (Lipinski definition) is 11. The van der Waals surface area contributed by atoms with Gasteiger partial charge < -0.3 is 35.6 Å². The molecular formula is C67H113N4O12P. The van der Waals surface area contributed by atoms with Crippen molar-refractivity contribution >= 4 is 43.4 Å². The highest BCUT2D eigenvalue weighted by molar-refractivity contribution is 7.47. The Morgan fingerprint density at radius 2 is 1.07 bits per heavy atom. The summed E-state index contributed by atoms with van der Waals surface area (Å²) in [5.41, 5.74) is 4.72. The number of ether oxygens (including phenoxy) is 2. The molecule has 0 aromatic heterocycles. The van der Waals surface area contributed by atoms with E-state index in [4.69, 9.17) is 18.5 Å². The molecule has 0 aliphatic heterocycles. The highest BCUT2D eigenvalue weighted by Crippen LogP contribution is 2.43. The molecule has 0 radical (unpaired) electrons. The maximum atomic E-state index is 12.9. The third-order valence-electron chi connectivity index (χ3n) is 14.6. The van der Waals surface area contributed by atoms with Crippen LogP contribution in [0.3, 0.4) is 0 Å². The van der Waals surface area contributed by atoms with E-state index < -0.39 is 75.8 Å². The minimum Gasteiger partial charge on any atom is -0.462 e. The number of unbranched alkanes of at least 4 members (excludes halogenated alkanes) is 22. The van der Waals surface area contributed by atoms with Crippen molar-refractivity contribution in [1.29, 1.82) is 0 Å². The van der Waals surface area contributed by atoms with Gasteiger partial charge in [-0.05, 0) is 121 Å². The Bertz CT molecular complexity index is 2140. The Balaban J connectivity index is 2.48. The molecule has 0 fully saturated rings. The van der Waals surface area contributed by atoms with Gasteiger partial charge in [0.05, 0.1) is 32.8 Å². The standard InChI is InChI=1S/C67H113N4O12P/c1-8-10-12-14-16-18-20-22-24-26-28-30-32-34-36-43-65(76)80-54-59(83-66(77)44-37-35-33-31-29-27-25-23-21-19-17-15-13-11-9-2)55-82-84(78,79)81-49-48-68-62(73)51-70-64(75)53-71-63(74)52-69-61(72)50-57(4)41-38-40-56(3)45-46-60-58(5)42-39-47-67(60,6)7/h22-25,38,40-41,45-46,50,59H,8-21,26-37,39,42-44,47-49,51-55H2,1-7H3,(H,68,73)(H,69,72)(H,70,75)(H,71,74)(H,78,79)/b24-22-,25-23-,41-38+,46-45+,56-40+,57-50+/t59-/m1/s1. The Morgan fingerprint density at radius 1 is 0.595 bits per heavy atom. The van der Waals surface area contributed by atoms with Crippen molar-refractivity contribution in [1.82, 2.24) is 21.3 Å². The second-order valence-electron chi connectivity index (χ2n) is 23.1. The number of rotatable bonds is 51. The zero-order valence-electron chi connectivity index (χ0n) is 53.1. The van der Waals surface area contributed by atoms with Gasteiger partial charge in [-0.25, -0.2) is 4.57 Å². The summed E-state index contributed by atoms with van der Waals surface area (Å²) in [5.74, 6) is -3.41. The molecule has 0 bridgehead atoms. The van der Waals surface area contributed by atoms with Crippen LogP contribution < -0.4 is 21.3 Å². The summed E-state index contributed by atoms with van der Waals surface area (Å²) < 4.78 is 34.0. The topological polar surface area (TPSA) is 225 Å². The lowest BCUT2D eigenvalue weighted by molar-refractivity contribution is -0.161. The summed E-state index contributed by atoms with van der Waals surface area (Å²) in [6, 6.07) is 0. The van der Waals surface area contributed by atoms with Gasteiger partial charge in [-0.2, -0.15) is 0 Å². The van der Waals surface area contributed by atoms with Crippen molar-refractivity contribution < 1.29 is 56.7 Å². The maximum absolute atomic E-state index is 12.9. The molecule has 2 atom stereocenters. The number of allylic oxidation sites excluding steroid dienone is 13. The van der Waals surface area contributed by atoms with E-state index in [1.165, 1.54) is 107 Å². The monoisotopic (exact) mass is 1200 g/mol. The van der Waals surface area contributed by atoms with Crippen LogP contribution in [0.25, 0.3) is 0 Å². The number of amides is 4. The molecule has 4 amide bonds. The molecule has 0 saturated carbocycles. The van der Waals surface area contributed by atoms with Gasteiger partial charge in [0.2, 0.25) is 23.6 Å². The third kappa shape index (κ3) is 45.5. The molecular weight excluding hydrogens is 1080 g/mol. The molecule has 16 nitrogen and oxygen atoms in total. The summed E-state index contributed by atoms with van der Waals surface area (Å²) in [6.07, 6.45) is 52.4. The molecule has 84 heavy (non-hydrogen) atoms. The quantitative estimate of drug-likeness (QED) is 0.00958. The van der Waals surface area contributed by atoms with Crippen molar-refractivity contribution in [3.05, 3.63) is 83.1 Å². The fraction of sp³-hybridized carbons (Fsp3) is 0.701. The van der Waals surface area contributed by atoms with Gasteiger partial charge in [-0.3, -0.25) is 37.8 Å². The molecule has 0 spiro atoms. The van der Waals surface area contributed by atoms with Gasteiger partial charge in [0.1, 0.15) is 6.61 Å². The molecule has 1 rings (SSSR count). The Morgan fingerprint density at radius 3 is 1.60 bits per heavy atom. The van der Waals surface area contributed by atoms with Crippen molar-refractivity contribution in [2.75, 3.05) is 46.0 Å². The maximum Gasteiger partial charge on any atom is 0.472 e. The highest BCUT2D eigenvalue weighted by Gasteiger charge is 2.28. The van der Waals surface area contributed by atoms with E-state index in [1.807, 2.05) is 19.1 Å². The third-order valence-corrected chi connectivity index (χ3v) is 15.5. The molecule has 1 unspecified atom stereocenters. The van der Waals surface area contributed by atoms with Gasteiger partial charge in [-0.15, -0.1) is 0 Å². The van der Waals surface area contributed by atoms with Crippen LogP contribution in [0.2, 0.25) is 0 Å². The molecule has 5 N–H and O–H groups in total. The zero-order valence-corrected chi connectivity index (χ0v) is 54.0. The first-order valence-electron chi connectivity index (χ1n) is 32.1. The predicted molar refractivity (Wildman–Crippen MR) is 340 cm³/mol. The first-order chi connectivity index (χ1) is 40.4. The minimum atomic E-state index is -4.72. The van der Waals surface area contributed by atoms with Crippen LogP contribution in [-0.4, -0.2) is 92.6 Å². The lowest BCUT2D eigenvalue weighted by Gasteiger charge is -2.32. The SMILES string of the molecule is CCCCCCCC/C=C\CCCCCCCC(=O)OC[C@H](COP(=O)(O)OCCNC(=O)CNC(=O)CNC(=O)CNC(=O)/C=C(C)/C=C/C=C(C)/C=C/C1=C(C)CCCC1(C)C)OC(=O)CCCCCCC/C=C\CCCCCCCC. The van der Waals surface area contributed by atoms with Gasteiger partial charge in [-0.1, -0.05) is 196 Å². The molecule has 0 heterocycles. The van der Waals surface area contributed by atoms with Crippen molar-refractivity contribution in [2.24, 2.45) is 5.41 Å². The zero-order chi connectivity index (χ0) is 61.9. The van der Waals surface area contributed by atoms with E-state index in [9.17, 15) is 38.2 Å². The average molecular weight is 1200 g/mol. The molecule has 0 aromatic carbocycles. The fourth-order valence-corrected chi connectivity index (χ4v) is 10.3. The smallest absolute Gasteiger partial charge is 0.462 e. The minimum absolute atomic E-state index is 0.130. The van der Waals surface area contributed by atoms with Crippen LogP contribution in [0.15, 0.2) is 83.1 Å². The highest BCUT2D eigenvalue weighted by atomic mass is 31.2.